The minimum absolute atomic E-state index is 0.108. The number of hydrogen-bond acceptors (Lipinski definition) is 5. The van der Waals surface area contributed by atoms with Crippen molar-refractivity contribution in [3.63, 3.8) is 0 Å². The monoisotopic (exact) mass is 421 g/mol. The van der Waals surface area contributed by atoms with Crippen LogP contribution in [-0.2, 0) is 11.2 Å². The van der Waals surface area contributed by atoms with Gasteiger partial charge in [-0.1, -0.05) is 30.3 Å². The van der Waals surface area contributed by atoms with E-state index in [4.69, 9.17) is 4.74 Å². The Kier molecular flexibility index (Phi) is 5.63. The predicted octanol–water partition coefficient (Wildman–Crippen LogP) is 3.03. The Morgan fingerprint density at radius 2 is 1.90 bits per heavy atom. The quantitative estimate of drug-likeness (QED) is 0.649. The second-order valence-corrected chi connectivity index (χ2v) is 8.72. The maximum atomic E-state index is 13.5. The maximum Gasteiger partial charge on any atom is 0.410 e. The van der Waals surface area contributed by atoms with Gasteiger partial charge in [0.15, 0.2) is 5.65 Å². The van der Waals surface area contributed by atoms with E-state index in [9.17, 15) is 9.59 Å². The summed E-state index contributed by atoms with van der Waals surface area (Å²) in [6.07, 6.45) is 6.87. The van der Waals surface area contributed by atoms with Gasteiger partial charge in [0, 0.05) is 32.0 Å². The van der Waals surface area contributed by atoms with Crippen molar-refractivity contribution >= 4 is 17.6 Å². The van der Waals surface area contributed by atoms with Crippen LogP contribution in [0.25, 0.3) is 5.65 Å². The highest BCUT2D eigenvalue weighted by Crippen LogP contribution is 2.21. The van der Waals surface area contributed by atoms with E-state index in [2.05, 4.69) is 9.97 Å². The Balaban J connectivity index is 1.59. The zero-order chi connectivity index (χ0) is 22.0. The van der Waals surface area contributed by atoms with Crippen molar-refractivity contribution in [2.75, 3.05) is 19.6 Å². The lowest BCUT2D eigenvalue weighted by Gasteiger charge is -2.41. The Hall–Kier alpha value is -3.42. The number of fused-ring (bicyclic) bond motifs is 1. The van der Waals surface area contributed by atoms with Gasteiger partial charge in [-0.25, -0.2) is 9.78 Å². The van der Waals surface area contributed by atoms with Crippen LogP contribution in [0.15, 0.2) is 55.1 Å². The Morgan fingerprint density at radius 3 is 2.65 bits per heavy atom. The lowest BCUT2D eigenvalue weighted by atomic mass is 10.0. The van der Waals surface area contributed by atoms with E-state index >= 15 is 0 Å². The van der Waals surface area contributed by atoms with Gasteiger partial charge in [0.05, 0.1) is 18.4 Å². The maximum absolute atomic E-state index is 13.5. The van der Waals surface area contributed by atoms with Crippen LogP contribution >= 0.6 is 0 Å². The van der Waals surface area contributed by atoms with Gasteiger partial charge >= 0.3 is 6.09 Å². The molecule has 1 aliphatic rings. The van der Waals surface area contributed by atoms with Crippen molar-refractivity contribution in [1.29, 1.82) is 0 Å². The first-order valence-electron chi connectivity index (χ1n) is 10.4. The van der Waals surface area contributed by atoms with Crippen LogP contribution in [0, 0.1) is 0 Å². The molecular weight excluding hydrogens is 394 g/mol. The van der Waals surface area contributed by atoms with E-state index in [0.29, 0.717) is 37.4 Å². The van der Waals surface area contributed by atoms with Crippen molar-refractivity contribution in [3.8, 4) is 0 Å². The van der Waals surface area contributed by atoms with Crippen LogP contribution in [-0.4, -0.2) is 67.4 Å². The van der Waals surface area contributed by atoms with Crippen molar-refractivity contribution in [2.45, 2.75) is 38.8 Å². The van der Waals surface area contributed by atoms with Gasteiger partial charge in [-0.2, -0.15) is 0 Å². The smallest absolute Gasteiger partial charge is 0.410 e. The second-order valence-electron chi connectivity index (χ2n) is 8.72. The van der Waals surface area contributed by atoms with Crippen molar-refractivity contribution < 1.29 is 14.3 Å². The summed E-state index contributed by atoms with van der Waals surface area (Å²) < 4.78 is 7.31. The number of ether oxygens (including phenoxy) is 1. The summed E-state index contributed by atoms with van der Waals surface area (Å²) in [5, 5.41) is 0. The Labute approximate surface area is 181 Å². The normalized spacial score (nSPS) is 17.1. The van der Waals surface area contributed by atoms with Crippen LogP contribution in [0.1, 0.15) is 36.8 Å². The van der Waals surface area contributed by atoms with Crippen molar-refractivity contribution in [1.82, 2.24) is 24.2 Å². The fourth-order valence-corrected chi connectivity index (χ4v) is 3.82. The van der Waals surface area contributed by atoms with E-state index < -0.39 is 5.60 Å². The first-order chi connectivity index (χ1) is 14.8. The fraction of sp³-hybridized carbons (Fsp3) is 0.391. The number of piperazine rings is 1. The third-order valence-electron chi connectivity index (χ3n) is 5.25. The van der Waals surface area contributed by atoms with E-state index in [-0.39, 0.29) is 18.0 Å². The highest BCUT2D eigenvalue weighted by atomic mass is 16.6. The molecule has 1 aromatic carbocycles. The topological polar surface area (TPSA) is 80.0 Å². The lowest BCUT2D eigenvalue weighted by Crippen LogP contribution is -2.58. The van der Waals surface area contributed by atoms with Gasteiger partial charge in [-0.3, -0.25) is 14.2 Å². The zero-order valence-electron chi connectivity index (χ0n) is 18.1. The van der Waals surface area contributed by atoms with Crippen LogP contribution in [0.5, 0.6) is 0 Å². The summed E-state index contributed by atoms with van der Waals surface area (Å²) in [4.78, 5) is 38.1. The molecule has 0 N–H and O–H groups in total. The van der Waals surface area contributed by atoms with E-state index in [1.54, 1.807) is 34.1 Å². The first kappa shape index (κ1) is 20.8. The molecule has 1 unspecified atom stereocenters. The standard InChI is InChI=1S/C23H27N5O3/c1-23(2,3)31-22(30)26-11-12-27(18(16-26)13-17-7-5-4-6-8-17)21(29)19-14-25-20-15-24-9-10-28(19)20/h4-10,14-15,18H,11-13,16H2,1-3H3. The summed E-state index contributed by atoms with van der Waals surface area (Å²) in [7, 11) is 0. The molecule has 1 atom stereocenters. The minimum atomic E-state index is -0.566. The van der Waals surface area contributed by atoms with E-state index in [0.717, 1.165) is 5.56 Å². The average Bonchev–Trinajstić information content (AvgIpc) is 3.17. The van der Waals surface area contributed by atoms with E-state index in [1.807, 2.05) is 56.0 Å². The molecule has 2 amide bonds. The molecule has 0 bridgehead atoms. The molecule has 3 aromatic rings. The molecule has 8 nitrogen and oxygen atoms in total. The SMILES string of the molecule is CC(C)(C)OC(=O)N1CCN(C(=O)c2cnc3cnccn23)C(Cc2ccccc2)C1. The molecule has 0 spiro atoms. The molecule has 4 rings (SSSR count). The molecule has 162 valence electrons. The highest BCUT2D eigenvalue weighted by molar-refractivity contribution is 5.93. The molecule has 8 heteroatoms. The molecule has 0 radical (unpaired) electrons. The van der Waals surface area contributed by atoms with Gasteiger partial charge in [0.25, 0.3) is 5.91 Å². The Bertz CT molecular complexity index is 1070. The van der Waals surface area contributed by atoms with Gasteiger partial charge < -0.3 is 14.5 Å². The third kappa shape index (κ3) is 4.68. The summed E-state index contributed by atoms with van der Waals surface area (Å²) in [5.41, 5.74) is 1.65. The van der Waals surface area contributed by atoms with Crippen molar-refractivity contribution in [3.05, 3.63) is 66.4 Å². The number of imidazole rings is 1. The average molecular weight is 422 g/mol. The predicted molar refractivity (Wildman–Crippen MR) is 116 cm³/mol. The molecule has 0 aliphatic carbocycles. The number of amides is 2. The minimum Gasteiger partial charge on any atom is -0.444 e. The van der Waals surface area contributed by atoms with Crippen LogP contribution < -0.4 is 0 Å². The third-order valence-corrected chi connectivity index (χ3v) is 5.25. The molecule has 1 fully saturated rings. The number of hydrogen-bond donors (Lipinski definition) is 0. The number of aromatic nitrogens is 3. The first-order valence-corrected chi connectivity index (χ1v) is 10.4. The number of rotatable bonds is 3. The summed E-state index contributed by atoms with van der Waals surface area (Å²) >= 11 is 0. The highest BCUT2D eigenvalue weighted by Gasteiger charge is 2.35. The van der Waals surface area contributed by atoms with Crippen LogP contribution in [0.3, 0.4) is 0 Å². The Morgan fingerprint density at radius 1 is 1.13 bits per heavy atom. The van der Waals surface area contributed by atoms with Gasteiger partial charge in [0.2, 0.25) is 0 Å². The molecule has 2 aromatic heterocycles. The molecule has 3 heterocycles. The van der Waals surface area contributed by atoms with E-state index in [1.165, 1.54) is 0 Å². The number of benzene rings is 1. The number of carbonyl (C=O) groups is 2. The number of nitrogens with zero attached hydrogens (tertiary/aromatic N) is 5. The van der Waals surface area contributed by atoms with Crippen LogP contribution in [0.4, 0.5) is 4.79 Å². The number of carbonyl (C=O) groups excluding carboxylic acids is 2. The molecule has 31 heavy (non-hydrogen) atoms. The summed E-state index contributed by atoms with van der Waals surface area (Å²) in [6, 6.07) is 9.82. The molecule has 0 saturated carbocycles. The lowest BCUT2D eigenvalue weighted by molar-refractivity contribution is 0.00424. The zero-order valence-corrected chi connectivity index (χ0v) is 18.1. The van der Waals surface area contributed by atoms with Crippen molar-refractivity contribution in [2.24, 2.45) is 0 Å². The largest absolute Gasteiger partial charge is 0.444 e. The van der Waals surface area contributed by atoms with Gasteiger partial charge in [-0.05, 0) is 32.8 Å². The van der Waals surface area contributed by atoms with Gasteiger partial charge in [-0.15, -0.1) is 0 Å². The summed E-state index contributed by atoms with van der Waals surface area (Å²) in [5.74, 6) is -0.108. The molecular formula is C23H27N5O3. The molecule has 1 saturated heterocycles. The van der Waals surface area contributed by atoms with Gasteiger partial charge in [0.1, 0.15) is 11.3 Å². The molecule has 1 aliphatic heterocycles. The second kappa shape index (κ2) is 8.37. The van der Waals surface area contributed by atoms with Crippen LogP contribution in [0.2, 0.25) is 0 Å². The fourth-order valence-electron chi connectivity index (χ4n) is 3.82. The summed E-state index contributed by atoms with van der Waals surface area (Å²) in [6.45, 7) is 6.81.